The monoisotopic (exact) mass is 602 g/mol. The number of aryl methyl sites for hydroxylation is 1. The topological polar surface area (TPSA) is 78.7 Å². The summed E-state index contributed by atoms with van der Waals surface area (Å²) in [4.78, 5) is 28.7. The fourth-order valence-corrected chi connectivity index (χ4v) is 6.13. The zero-order valence-corrected chi connectivity index (χ0v) is 23.6. The van der Waals surface area contributed by atoms with Crippen LogP contribution in [0.2, 0.25) is 0 Å². The molecule has 2 aliphatic heterocycles. The number of hydrogen-bond acceptors (Lipinski definition) is 3. The highest BCUT2D eigenvalue weighted by Crippen LogP contribution is 2.46. The van der Waals surface area contributed by atoms with Gasteiger partial charge in [-0.25, -0.2) is 9.18 Å². The summed E-state index contributed by atoms with van der Waals surface area (Å²) in [6.07, 6.45) is -8.25. The third kappa shape index (κ3) is 6.06. The third-order valence-electron chi connectivity index (χ3n) is 8.79. The standard InChI is InChI=1S/C29H33F7N4O2/c1-16-11-21(30)5-6-22(16)23-15-27(8-7-26(3,38-27)24(37)41)9-10-40(23)25(42)39(4)17(2)18-12-19(28(31,32)33)14-20(13-18)29(34,35)36/h5-6,11-14,17,23,38H,7-10,15H2,1-4H3,(H2,37,41)/t17-,23-,26-,27+/m1/s1. The number of nitrogens with two attached hydrogens (primary N) is 1. The highest BCUT2D eigenvalue weighted by atomic mass is 19.4. The molecule has 0 radical (unpaired) electrons. The number of nitrogens with zero attached hydrogens (tertiary/aromatic N) is 2. The van der Waals surface area contributed by atoms with Crippen LogP contribution in [-0.2, 0) is 17.1 Å². The van der Waals surface area contributed by atoms with Gasteiger partial charge in [0.05, 0.1) is 28.7 Å². The number of primary amides is 1. The molecular weight excluding hydrogens is 569 g/mol. The summed E-state index contributed by atoms with van der Waals surface area (Å²) in [5.41, 5.74) is 2.04. The predicted octanol–water partition coefficient (Wildman–Crippen LogP) is 6.49. The van der Waals surface area contributed by atoms with Crippen molar-refractivity contribution in [3.05, 3.63) is 70.0 Å². The molecule has 230 valence electrons. The Morgan fingerprint density at radius 1 is 1.02 bits per heavy atom. The quantitative estimate of drug-likeness (QED) is 0.393. The number of carbonyl (C=O) groups excluding carboxylic acids is 2. The molecule has 42 heavy (non-hydrogen) atoms. The molecule has 4 rings (SSSR count). The zero-order chi connectivity index (χ0) is 31.4. The minimum atomic E-state index is -5.03. The van der Waals surface area contributed by atoms with Crippen LogP contribution in [0, 0.1) is 12.7 Å². The summed E-state index contributed by atoms with van der Waals surface area (Å²) in [6.45, 7) is 4.91. The first kappa shape index (κ1) is 31.6. The van der Waals surface area contributed by atoms with E-state index in [1.807, 2.05) is 0 Å². The number of nitrogens with one attached hydrogen (secondary N) is 1. The van der Waals surface area contributed by atoms with Gasteiger partial charge in [0.25, 0.3) is 0 Å². The fourth-order valence-electron chi connectivity index (χ4n) is 6.13. The fraction of sp³-hybridized carbons (Fsp3) is 0.517. The lowest BCUT2D eigenvalue weighted by Crippen LogP contribution is -2.60. The average Bonchev–Trinajstić information content (AvgIpc) is 3.23. The van der Waals surface area contributed by atoms with E-state index in [1.165, 1.54) is 31.0 Å². The Hall–Kier alpha value is -3.35. The first-order valence-electron chi connectivity index (χ1n) is 13.4. The van der Waals surface area contributed by atoms with E-state index < -0.39 is 64.4 Å². The van der Waals surface area contributed by atoms with Gasteiger partial charge in [0.2, 0.25) is 5.91 Å². The van der Waals surface area contributed by atoms with Crippen LogP contribution in [0.1, 0.15) is 79.4 Å². The molecule has 0 bridgehead atoms. The van der Waals surface area contributed by atoms with Crippen LogP contribution in [-0.4, -0.2) is 46.4 Å². The minimum Gasteiger partial charge on any atom is -0.368 e. The van der Waals surface area contributed by atoms with Gasteiger partial charge in [0, 0.05) is 19.1 Å². The Kier molecular flexibility index (Phi) is 8.07. The van der Waals surface area contributed by atoms with Crippen molar-refractivity contribution in [3.63, 3.8) is 0 Å². The van der Waals surface area contributed by atoms with Crippen LogP contribution in [0.5, 0.6) is 0 Å². The summed E-state index contributed by atoms with van der Waals surface area (Å²) in [5.74, 6) is -0.990. The van der Waals surface area contributed by atoms with Crippen molar-refractivity contribution < 1.29 is 40.3 Å². The van der Waals surface area contributed by atoms with Crippen LogP contribution in [0.25, 0.3) is 0 Å². The summed E-state index contributed by atoms with van der Waals surface area (Å²) in [6, 6.07) is 3.01. The summed E-state index contributed by atoms with van der Waals surface area (Å²) in [5, 5.41) is 3.38. The summed E-state index contributed by atoms with van der Waals surface area (Å²) in [7, 11) is 1.32. The van der Waals surface area contributed by atoms with Gasteiger partial charge in [-0.15, -0.1) is 0 Å². The number of hydrogen-bond donors (Lipinski definition) is 2. The van der Waals surface area contributed by atoms with Crippen LogP contribution in [0.3, 0.4) is 0 Å². The number of carbonyl (C=O) groups is 2. The SMILES string of the molecule is Cc1cc(F)ccc1[C@H]1C[C@@]2(CCN1C(=O)N(C)[C@H](C)c1cc(C(F)(F)F)cc(C(F)(F)F)c1)CC[C@](C)(C(N)=O)N2. The number of alkyl halides is 6. The van der Waals surface area contributed by atoms with Crippen molar-refractivity contribution >= 4 is 11.9 Å². The molecule has 2 heterocycles. The lowest BCUT2D eigenvalue weighted by molar-refractivity contribution is -0.143. The van der Waals surface area contributed by atoms with E-state index in [-0.39, 0.29) is 18.2 Å². The van der Waals surface area contributed by atoms with Gasteiger partial charge in [0.1, 0.15) is 5.82 Å². The molecule has 2 aromatic rings. The van der Waals surface area contributed by atoms with Crippen molar-refractivity contribution in [1.29, 1.82) is 0 Å². The number of likely N-dealkylation sites (tertiary alicyclic amines) is 1. The van der Waals surface area contributed by atoms with E-state index in [2.05, 4.69) is 5.32 Å². The molecule has 2 fully saturated rings. The van der Waals surface area contributed by atoms with E-state index in [4.69, 9.17) is 5.73 Å². The Morgan fingerprint density at radius 3 is 2.12 bits per heavy atom. The van der Waals surface area contributed by atoms with Crippen LogP contribution in [0.15, 0.2) is 36.4 Å². The third-order valence-corrected chi connectivity index (χ3v) is 8.79. The zero-order valence-electron chi connectivity index (χ0n) is 23.6. The molecule has 2 aliphatic rings. The maximum Gasteiger partial charge on any atom is 0.416 e. The van der Waals surface area contributed by atoms with E-state index in [0.29, 0.717) is 48.9 Å². The van der Waals surface area contributed by atoms with Crippen LogP contribution < -0.4 is 11.1 Å². The second-order valence-electron chi connectivity index (χ2n) is 11.7. The number of benzene rings is 2. The van der Waals surface area contributed by atoms with Gasteiger partial charge in [-0.2, -0.15) is 26.3 Å². The molecule has 3 N–H and O–H groups in total. The molecule has 3 amide bonds. The number of halogens is 7. The van der Waals surface area contributed by atoms with E-state index >= 15 is 0 Å². The van der Waals surface area contributed by atoms with Crippen molar-refractivity contribution in [2.24, 2.45) is 5.73 Å². The van der Waals surface area contributed by atoms with Gasteiger partial charge in [0.15, 0.2) is 0 Å². The second-order valence-corrected chi connectivity index (χ2v) is 11.7. The number of amides is 3. The first-order valence-corrected chi connectivity index (χ1v) is 13.4. The van der Waals surface area contributed by atoms with E-state index in [1.54, 1.807) is 19.9 Å². The first-order chi connectivity index (χ1) is 19.3. The van der Waals surface area contributed by atoms with Crippen molar-refractivity contribution in [2.45, 2.75) is 82.0 Å². The summed E-state index contributed by atoms with van der Waals surface area (Å²) >= 11 is 0. The maximum atomic E-state index is 14.0. The molecule has 0 saturated carbocycles. The van der Waals surface area contributed by atoms with Gasteiger partial charge < -0.3 is 15.5 Å². The van der Waals surface area contributed by atoms with E-state index in [0.717, 1.165) is 4.90 Å². The molecule has 0 unspecified atom stereocenters. The molecule has 2 aromatic carbocycles. The molecule has 0 aromatic heterocycles. The molecular formula is C29H33F7N4O2. The Bertz CT molecular complexity index is 1350. The highest BCUT2D eigenvalue weighted by molar-refractivity contribution is 5.84. The number of urea groups is 1. The lowest BCUT2D eigenvalue weighted by Gasteiger charge is -2.48. The number of rotatable bonds is 4. The smallest absolute Gasteiger partial charge is 0.368 e. The number of piperidine rings is 1. The van der Waals surface area contributed by atoms with Crippen molar-refractivity contribution in [2.75, 3.05) is 13.6 Å². The normalized spacial score (nSPS) is 25.5. The predicted molar refractivity (Wildman–Crippen MR) is 141 cm³/mol. The van der Waals surface area contributed by atoms with Gasteiger partial charge in [-0.05, 0) is 93.5 Å². The molecule has 4 atom stereocenters. The highest BCUT2D eigenvalue weighted by Gasteiger charge is 2.52. The molecule has 6 nitrogen and oxygen atoms in total. The van der Waals surface area contributed by atoms with Crippen LogP contribution >= 0.6 is 0 Å². The largest absolute Gasteiger partial charge is 0.416 e. The Labute approximate surface area is 239 Å². The maximum absolute atomic E-state index is 14.0. The van der Waals surface area contributed by atoms with E-state index in [9.17, 15) is 40.3 Å². The lowest BCUT2D eigenvalue weighted by atomic mass is 9.79. The van der Waals surface area contributed by atoms with Gasteiger partial charge in [-0.3, -0.25) is 10.1 Å². The second kappa shape index (κ2) is 10.7. The Morgan fingerprint density at radius 2 is 1.62 bits per heavy atom. The Balaban J connectivity index is 1.69. The molecule has 2 saturated heterocycles. The molecule has 0 aliphatic carbocycles. The van der Waals surface area contributed by atoms with Crippen molar-refractivity contribution in [3.8, 4) is 0 Å². The van der Waals surface area contributed by atoms with Gasteiger partial charge in [-0.1, -0.05) is 6.07 Å². The van der Waals surface area contributed by atoms with Crippen LogP contribution in [0.4, 0.5) is 35.5 Å². The minimum absolute atomic E-state index is 0.0455. The van der Waals surface area contributed by atoms with Gasteiger partial charge >= 0.3 is 18.4 Å². The summed E-state index contributed by atoms with van der Waals surface area (Å²) < 4.78 is 94.9. The molecule has 13 heteroatoms. The average molecular weight is 603 g/mol. The van der Waals surface area contributed by atoms with Crippen molar-refractivity contribution in [1.82, 2.24) is 15.1 Å². The molecule has 1 spiro atoms.